The summed E-state index contributed by atoms with van der Waals surface area (Å²) in [5.41, 5.74) is 1.27. The number of aromatic nitrogens is 2. The molecule has 1 aliphatic rings. The predicted octanol–water partition coefficient (Wildman–Crippen LogP) is 2.74. The van der Waals surface area contributed by atoms with Crippen molar-refractivity contribution in [3.8, 4) is 6.07 Å². The van der Waals surface area contributed by atoms with E-state index in [1.165, 1.54) is 19.3 Å². The zero-order valence-corrected chi connectivity index (χ0v) is 11.6. The summed E-state index contributed by atoms with van der Waals surface area (Å²) < 4.78 is 0. The SMILES string of the molecule is CSC1CCCCC1Nc1nc(C)cc(C#N)n1. The molecule has 2 rings (SSSR count). The summed E-state index contributed by atoms with van der Waals surface area (Å²) in [5.74, 6) is 0.595. The number of anilines is 1. The normalized spacial score (nSPS) is 23.4. The minimum atomic E-state index is 0.419. The quantitative estimate of drug-likeness (QED) is 0.907. The van der Waals surface area contributed by atoms with Crippen LogP contribution in [0.5, 0.6) is 0 Å². The van der Waals surface area contributed by atoms with Crippen LogP contribution < -0.4 is 5.32 Å². The predicted molar refractivity (Wildman–Crippen MR) is 74.7 cm³/mol. The van der Waals surface area contributed by atoms with Crippen LogP contribution in [0.2, 0.25) is 0 Å². The number of nitrogens with one attached hydrogen (secondary N) is 1. The molecular formula is C13H18N4S. The van der Waals surface area contributed by atoms with Gasteiger partial charge < -0.3 is 5.32 Å². The summed E-state index contributed by atoms with van der Waals surface area (Å²) in [6, 6.07) is 4.20. The number of nitriles is 1. The largest absolute Gasteiger partial charge is 0.350 e. The lowest BCUT2D eigenvalue weighted by Crippen LogP contribution is -2.35. The fourth-order valence-corrected chi connectivity index (χ4v) is 3.34. The lowest BCUT2D eigenvalue weighted by Gasteiger charge is -2.30. The van der Waals surface area contributed by atoms with E-state index in [0.717, 1.165) is 12.1 Å². The third kappa shape index (κ3) is 3.14. The van der Waals surface area contributed by atoms with Gasteiger partial charge in [0, 0.05) is 17.0 Å². The Morgan fingerprint density at radius 2 is 2.17 bits per heavy atom. The first-order valence-corrected chi connectivity index (χ1v) is 7.57. The zero-order valence-electron chi connectivity index (χ0n) is 10.8. The molecule has 0 spiro atoms. The molecule has 1 saturated carbocycles. The fourth-order valence-electron chi connectivity index (χ4n) is 2.40. The molecule has 1 heterocycles. The van der Waals surface area contributed by atoms with E-state index in [0.29, 0.717) is 22.9 Å². The monoisotopic (exact) mass is 262 g/mol. The Bertz CT molecular complexity index is 455. The van der Waals surface area contributed by atoms with Gasteiger partial charge in [0.25, 0.3) is 0 Å². The van der Waals surface area contributed by atoms with E-state index in [2.05, 4.69) is 27.6 Å². The van der Waals surface area contributed by atoms with Crippen LogP contribution >= 0.6 is 11.8 Å². The van der Waals surface area contributed by atoms with Crippen molar-refractivity contribution in [3.05, 3.63) is 17.5 Å². The van der Waals surface area contributed by atoms with Gasteiger partial charge in [-0.1, -0.05) is 12.8 Å². The highest BCUT2D eigenvalue weighted by molar-refractivity contribution is 7.99. The van der Waals surface area contributed by atoms with E-state index in [-0.39, 0.29) is 0 Å². The number of nitrogens with zero attached hydrogens (tertiary/aromatic N) is 3. The Hall–Kier alpha value is -1.28. The van der Waals surface area contributed by atoms with Crippen molar-refractivity contribution < 1.29 is 0 Å². The summed E-state index contributed by atoms with van der Waals surface area (Å²) >= 11 is 1.90. The van der Waals surface area contributed by atoms with E-state index in [9.17, 15) is 0 Å². The number of aryl methyl sites for hydroxylation is 1. The van der Waals surface area contributed by atoms with Gasteiger partial charge in [-0.25, -0.2) is 9.97 Å². The van der Waals surface area contributed by atoms with E-state index in [1.54, 1.807) is 6.07 Å². The minimum Gasteiger partial charge on any atom is -0.350 e. The second-order valence-electron chi connectivity index (χ2n) is 4.64. The molecule has 2 unspecified atom stereocenters. The van der Waals surface area contributed by atoms with Gasteiger partial charge in [-0.3, -0.25) is 0 Å². The number of hydrogen-bond donors (Lipinski definition) is 1. The topological polar surface area (TPSA) is 61.6 Å². The second kappa shape index (κ2) is 6.05. The van der Waals surface area contributed by atoms with E-state index in [1.807, 2.05) is 18.7 Å². The lowest BCUT2D eigenvalue weighted by molar-refractivity contribution is 0.473. The van der Waals surface area contributed by atoms with Crippen LogP contribution in [0, 0.1) is 18.3 Å². The first-order valence-electron chi connectivity index (χ1n) is 6.28. The summed E-state index contributed by atoms with van der Waals surface area (Å²) in [6.07, 6.45) is 7.12. The Morgan fingerprint density at radius 1 is 1.39 bits per heavy atom. The van der Waals surface area contributed by atoms with Crippen LogP contribution in [0.1, 0.15) is 37.1 Å². The summed E-state index contributed by atoms with van der Waals surface area (Å²) in [6.45, 7) is 1.89. The van der Waals surface area contributed by atoms with Crippen molar-refractivity contribution in [2.75, 3.05) is 11.6 Å². The molecule has 0 amide bonds. The number of thioether (sulfide) groups is 1. The van der Waals surface area contributed by atoms with E-state index in [4.69, 9.17) is 5.26 Å². The highest BCUT2D eigenvalue weighted by Crippen LogP contribution is 2.28. The first-order chi connectivity index (χ1) is 8.72. The molecule has 1 fully saturated rings. The van der Waals surface area contributed by atoms with Gasteiger partial charge in [-0.2, -0.15) is 17.0 Å². The Kier molecular flexibility index (Phi) is 4.43. The molecule has 2 atom stereocenters. The summed E-state index contributed by atoms with van der Waals surface area (Å²) in [5, 5.41) is 12.9. The van der Waals surface area contributed by atoms with Crippen LogP contribution in [0.15, 0.2) is 6.07 Å². The van der Waals surface area contributed by atoms with Crippen molar-refractivity contribution in [2.45, 2.75) is 43.9 Å². The smallest absolute Gasteiger partial charge is 0.224 e. The first kappa shape index (κ1) is 13.2. The Morgan fingerprint density at radius 3 is 2.89 bits per heavy atom. The molecule has 1 aromatic rings. The maximum atomic E-state index is 8.92. The molecule has 0 aliphatic heterocycles. The number of hydrogen-bond acceptors (Lipinski definition) is 5. The second-order valence-corrected chi connectivity index (χ2v) is 5.72. The molecule has 5 heteroatoms. The fraction of sp³-hybridized carbons (Fsp3) is 0.615. The van der Waals surface area contributed by atoms with Crippen LogP contribution in [0.4, 0.5) is 5.95 Å². The summed E-state index contributed by atoms with van der Waals surface area (Å²) in [4.78, 5) is 8.58. The van der Waals surface area contributed by atoms with Crippen LogP contribution in [-0.4, -0.2) is 27.5 Å². The number of rotatable bonds is 3. The van der Waals surface area contributed by atoms with Gasteiger partial charge >= 0.3 is 0 Å². The Labute approximate surface area is 112 Å². The Balaban J connectivity index is 2.12. The van der Waals surface area contributed by atoms with Crippen molar-refractivity contribution in [1.82, 2.24) is 9.97 Å². The highest BCUT2D eigenvalue weighted by Gasteiger charge is 2.24. The minimum absolute atomic E-state index is 0.419. The molecule has 96 valence electrons. The average Bonchev–Trinajstić information content (AvgIpc) is 2.38. The molecule has 1 aromatic heterocycles. The maximum Gasteiger partial charge on any atom is 0.224 e. The third-order valence-electron chi connectivity index (χ3n) is 3.29. The van der Waals surface area contributed by atoms with Gasteiger partial charge in [-0.15, -0.1) is 0 Å². The summed E-state index contributed by atoms with van der Waals surface area (Å²) in [7, 11) is 0. The van der Waals surface area contributed by atoms with Gasteiger partial charge in [0.15, 0.2) is 0 Å². The zero-order chi connectivity index (χ0) is 13.0. The molecule has 0 radical (unpaired) electrons. The lowest BCUT2D eigenvalue weighted by atomic mass is 9.95. The molecule has 0 saturated heterocycles. The standard InChI is InChI=1S/C13H18N4S/c1-9-7-10(8-14)16-13(15-9)17-11-5-3-4-6-12(11)18-2/h7,11-12H,3-6H2,1-2H3,(H,15,16,17). The van der Waals surface area contributed by atoms with E-state index >= 15 is 0 Å². The molecule has 18 heavy (non-hydrogen) atoms. The average molecular weight is 262 g/mol. The van der Waals surface area contributed by atoms with Crippen LogP contribution in [0.25, 0.3) is 0 Å². The maximum absolute atomic E-state index is 8.92. The van der Waals surface area contributed by atoms with Crippen LogP contribution in [-0.2, 0) is 0 Å². The molecular weight excluding hydrogens is 244 g/mol. The van der Waals surface area contributed by atoms with E-state index < -0.39 is 0 Å². The van der Waals surface area contributed by atoms with Gasteiger partial charge in [-0.05, 0) is 32.1 Å². The van der Waals surface area contributed by atoms with Crippen molar-refractivity contribution in [1.29, 1.82) is 5.26 Å². The molecule has 0 bridgehead atoms. The molecule has 1 N–H and O–H groups in total. The van der Waals surface area contributed by atoms with Gasteiger partial charge in [0.2, 0.25) is 5.95 Å². The van der Waals surface area contributed by atoms with Gasteiger partial charge in [0.05, 0.1) is 0 Å². The van der Waals surface area contributed by atoms with Crippen molar-refractivity contribution in [3.63, 3.8) is 0 Å². The third-order valence-corrected chi connectivity index (χ3v) is 4.46. The van der Waals surface area contributed by atoms with Crippen molar-refractivity contribution in [2.24, 2.45) is 0 Å². The van der Waals surface area contributed by atoms with Crippen molar-refractivity contribution >= 4 is 17.7 Å². The van der Waals surface area contributed by atoms with Crippen LogP contribution in [0.3, 0.4) is 0 Å². The molecule has 0 aromatic carbocycles. The molecule has 1 aliphatic carbocycles. The van der Waals surface area contributed by atoms with Gasteiger partial charge in [0.1, 0.15) is 11.8 Å². The molecule has 4 nitrogen and oxygen atoms in total. The highest BCUT2D eigenvalue weighted by atomic mass is 32.2.